The third kappa shape index (κ3) is 5.71. The van der Waals surface area contributed by atoms with Crippen LogP contribution in [0.4, 0.5) is 15.9 Å². The van der Waals surface area contributed by atoms with Crippen LogP contribution in [0, 0.1) is 5.82 Å². The number of rotatable bonds is 6. The molecule has 0 unspecified atom stereocenters. The van der Waals surface area contributed by atoms with Crippen LogP contribution in [0.5, 0.6) is 5.75 Å². The summed E-state index contributed by atoms with van der Waals surface area (Å²) in [4.78, 5) is 42.3. The van der Waals surface area contributed by atoms with Crippen LogP contribution in [-0.2, 0) is 19.4 Å². The quantitative estimate of drug-likeness (QED) is 0.263. The summed E-state index contributed by atoms with van der Waals surface area (Å²) in [6.45, 7) is 4.83. The number of nitrogens with zero attached hydrogens (tertiary/aromatic N) is 7. The van der Waals surface area contributed by atoms with Crippen LogP contribution < -0.4 is 4.90 Å². The van der Waals surface area contributed by atoms with Crippen molar-refractivity contribution in [3.8, 4) is 16.9 Å². The molecule has 11 heteroatoms. The minimum atomic E-state index is -0.633. The summed E-state index contributed by atoms with van der Waals surface area (Å²) < 4.78 is 14.4. The molecule has 1 saturated heterocycles. The van der Waals surface area contributed by atoms with Gasteiger partial charge in [0.15, 0.2) is 11.6 Å². The largest absolute Gasteiger partial charge is 0.505 e. The lowest BCUT2D eigenvalue weighted by atomic mass is 9.90. The number of aromatic nitrogens is 4. The van der Waals surface area contributed by atoms with E-state index in [1.165, 1.54) is 12.1 Å². The zero-order valence-corrected chi connectivity index (χ0v) is 28.0. The molecule has 0 atom stereocenters. The number of aromatic amines is 1. The lowest BCUT2D eigenvalue weighted by Gasteiger charge is -2.35. The Labute approximate surface area is 284 Å². The van der Waals surface area contributed by atoms with Crippen molar-refractivity contribution in [3.05, 3.63) is 94.7 Å². The first-order valence-electron chi connectivity index (χ1n) is 17.0. The molecule has 3 aliphatic heterocycles. The molecule has 5 heterocycles. The van der Waals surface area contributed by atoms with Crippen molar-refractivity contribution in [2.24, 2.45) is 4.99 Å². The van der Waals surface area contributed by atoms with Gasteiger partial charge in [0.1, 0.15) is 17.3 Å². The zero-order valence-electron chi connectivity index (χ0n) is 28.0. The SMILES string of the molecule is CCc1cc(O)c(F)cc1-c1ccc2c(c1)C1=CC(c3nc4c([nH]3)CN(C(=O)c3cnc(N5CCC(N(C)C)CC5)cn3)CC4)=CCC1=N2. The lowest BCUT2D eigenvalue weighted by Crippen LogP contribution is -2.42. The van der Waals surface area contributed by atoms with Crippen molar-refractivity contribution in [2.75, 3.05) is 38.6 Å². The van der Waals surface area contributed by atoms with Crippen LogP contribution in [0.3, 0.4) is 0 Å². The second kappa shape index (κ2) is 12.4. The molecule has 1 fully saturated rings. The highest BCUT2D eigenvalue weighted by molar-refractivity contribution is 6.32. The predicted octanol–water partition coefficient (Wildman–Crippen LogP) is 5.96. The van der Waals surface area contributed by atoms with Crippen molar-refractivity contribution < 1.29 is 14.3 Å². The highest BCUT2D eigenvalue weighted by atomic mass is 19.1. The smallest absolute Gasteiger partial charge is 0.274 e. The standard InChI is InChI=1S/C38H39FN8O2/c1-4-22-17-35(48)29(39)18-26(22)23-5-7-30-27(15-23)28-16-24(6-8-31(28)42-30)37-43-32-11-14-47(21-34(32)44-37)38(49)33-19-41-36(20-40-33)46-12-9-25(10-13-46)45(2)3/h5-7,15-20,25,48H,4,8-14,21H2,1-3H3,(H,43,44). The van der Waals surface area contributed by atoms with E-state index < -0.39 is 5.82 Å². The molecule has 4 aromatic rings. The van der Waals surface area contributed by atoms with Crippen LogP contribution in [0.1, 0.15) is 65.0 Å². The average molecular weight is 659 g/mol. The van der Waals surface area contributed by atoms with Gasteiger partial charge in [-0.05, 0) is 80.4 Å². The summed E-state index contributed by atoms with van der Waals surface area (Å²) in [6, 6.07) is 9.50. The van der Waals surface area contributed by atoms with E-state index in [0.29, 0.717) is 44.1 Å². The van der Waals surface area contributed by atoms with E-state index in [0.717, 1.165) is 93.8 Å². The molecule has 1 amide bonds. The van der Waals surface area contributed by atoms with Crippen molar-refractivity contribution in [3.63, 3.8) is 0 Å². The maximum Gasteiger partial charge on any atom is 0.274 e. The van der Waals surface area contributed by atoms with E-state index in [1.54, 1.807) is 17.3 Å². The Bertz CT molecular complexity index is 2050. The number of benzene rings is 2. The van der Waals surface area contributed by atoms with Crippen molar-refractivity contribution >= 4 is 34.3 Å². The number of nitrogens with one attached hydrogen (secondary N) is 1. The van der Waals surface area contributed by atoms with E-state index in [4.69, 9.17) is 9.98 Å². The summed E-state index contributed by atoms with van der Waals surface area (Å²) in [5, 5.41) is 9.93. The first kappa shape index (κ1) is 31.1. The number of fused-ring (bicyclic) bond motifs is 4. The molecule has 4 aliphatic rings. The third-order valence-corrected chi connectivity index (χ3v) is 10.3. The van der Waals surface area contributed by atoms with Crippen molar-refractivity contribution in [1.82, 2.24) is 29.7 Å². The summed E-state index contributed by atoms with van der Waals surface area (Å²) in [5.41, 5.74) is 9.64. The summed E-state index contributed by atoms with van der Waals surface area (Å²) in [7, 11) is 4.25. The summed E-state index contributed by atoms with van der Waals surface area (Å²) >= 11 is 0. The maximum atomic E-state index is 14.4. The van der Waals surface area contributed by atoms with Crippen LogP contribution in [0.25, 0.3) is 22.3 Å². The number of carbonyl (C=O) groups excluding carboxylic acids is 1. The molecule has 2 N–H and O–H groups in total. The molecular weight excluding hydrogens is 619 g/mol. The van der Waals surface area contributed by atoms with Crippen LogP contribution in [-0.4, -0.2) is 86.2 Å². The van der Waals surface area contributed by atoms with Gasteiger partial charge in [0.05, 0.1) is 41.7 Å². The topological polar surface area (TPSA) is 114 Å². The fourth-order valence-corrected chi connectivity index (χ4v) is 7.42. The van der Waals surface area contributed by atoms with Gasteiger partial charge in [-0.1, -0.05) is 19.1 Å². The van der Waals surface area contributed by atoms with E-state index in [2.05, 4.69) is 57.1 Å². The van der Waals surface area contributed by atoms with Gasteiger partial charge in [-0.25, -0.2) is 19.3 Å². The van der Waals surface area contributed by atoms with Crippen molar-refractivity contribution in [2.45, 2.75) is 51.6 Å². The molecule has 0 radical (unpaired) electrons. The van der Waals surface area contributed by atoms with Gasteiger partial charge in [-0.2, -0.15) is 0 Å². The molecule has 0 bridgehead atoms. The Morgan fingerprint density at radius 2 is 1.92 bits per heavy atom. The number of H-pyrrole nitrogens is 1. The van der Waals surface area contributed by atoms with Crippen molar-refractivity contribution in [1.29, 1.82) is 0 Å². The summed E-state index contributed by atoms with van der Waals surface area (Å²) in [5.74, 6) is 0.486. The molecule has 250 valence electrons. The number of hydrogen-bond acceptors (Lipinski definition) is 8. The molecular formula is C38H39FN8O2. The van der Waals surface area contributed by atoms with Gasteiger partial charge in [0.25, 0.3) is 5.91 Å². The fraction of sp³-hybridized carbons (Fsp3) is 0.342. The number of carbonyl (C=O) groups is 1. The number of phenolic OH excluding ortho intramolecular Hbond substituents is 1. The van der Waals surface area contributed by atoms with Crippen LogP contribution in [0.15, 0.2) is 59.9 Å². The zero-order chi connectivity index (χ0) is 33.8. The van der Waals surface area contributed by atoms with Gasteiger partial charge < -0.3 is 24.8 Å². The Kier molecular flexibility index (Phi) is 7.86. The highest BCUT2D eigenvalue weighted by Crippen LogP contribution is 2.43. The van der Waals surface area contributed by atoms with E-state index >= 15 is 0 Å². The fourth-order valence-electron chi connectivity index (χ4n) is 7.42. The number of aryl methyl sites for hydroxylation is 1. The van der Waals surface area contributed by atoms with Gasteiger partial charge in [0.2, 0.25) is 0 Å². The van der Waals surface area contributed by atoms with Gasteiger partial charge in [0, 0.05) is 55.2 Å². The van der Waals surface area contributed by atoms with Crippen LogP contribution in [0.2, 0.25) is 0 Å². The number of hydrogen-bond donors (Lipinski definition) is 2. The molecule has 10 nitrogen and oxygen atoms in total. The predicted molar refractivity (Wildman–Crippen MR) is 189 cm³/mol. The first-order valence-corrected chi connectivity index (χ1v) is 17.0. The highest BCUT2D eigenvalue weighted by Gasteiger charge is 2.29. The van der Waals surface area contributed by atoms with Crippen LogP contribution >= 0.6 is 0 Å². The number of halogens is 1. The Balaban J connectivity index is 0.979. The second-order valence-electron chi connectivity index (χ2n) is 13.5. The lowest BCUT2D eigenvalue weighted by molar-refractivity contribution is 0.0725. The van der Waals surface area contributed by atoms with Gasteiger partial charge >= 0.3 is 0 Å². The Hall–Kier alpha value is -5.16. The Morgan fingerprint density at radius 3 is 2.67 bits per heavy atom. The number of piperidine rings is 1. The van der Waals surface area contributed by atoms with E-state index in [-0.39, 0.29) is 11.7 Å². The Morgan fingerprint density at radius 1 is 1.08 bits per heavy atom. The number of aromatic hydroxyl groups is 1. The number of allylic oxidation sites excluding steroid dienone is 4. The minimum absolute atomic E-state index is 0.134. The molecule has 2 aromatic carbocycles. The number of amides is 1. The van der Waals surface area contributed by atoms with E-state index in [9.17, 15) is 14.3 Å². The molecule has 1 aliphatic carbocycles. The summed E-state index contributed by atoms with van der Waals surface area (Å²) in [6.07, 6.45) is 11.7. The number of imidazole rings is 1. The number of anilines is 1. The molecule has 8 rings (SSSR count). The first-order chi connectivity index (χ1) is 23.7. The average Bonchev–Trinajstić information content (AvgIpc) is 3.73. The monoisotopic (exact) mass is 658 g/mol. The minimum Gasteiger partial charge on any atom is -0.505 e. The molecule has 49 heavy (non-hydrogen) atoms. The number of aliphatic imine (C=N–C) groups is 1. The van der Waals surface area contributed by atoms with E-state index in [1.807, 2.05) is 19.1 Å². The number of phenols is 1. The molecule has 0 saturated carbocycles. The normalized spacial score (nSPS) is 17.4. The third-order valence-electron chi connectivity index (χ3n) is 10.3. The van der Waals surface area contributed by atoms with Gasteiger partial charge in [-0.15, -0.1) is 0 Å². The maximum absolute atomic E-state index is 14.4. The molecule has 0 spiro atoms. The molecule has 2 aromatic heterocycles. The van der Waals surface area contributed by atoms with Gasteiger partial charge in [-0.3, -0.25) is 9.79 Å². The second-order valence-corrected chi connectivity index (χ2v) is 13.5.